The number of fused-ring (bicyclic) bond motifs is 1. The zero-order valence-corrected chi connectivity index (χ0v) is 14.2. The van der Waals surface area contributed by atoms with Gasteiger partial charge in [-0.3, -0.25) is 0 Å². The summed E-state index contributed by atoms with van der Waals surface area (Å²) in [5, 5.41) is 5.99. The van der Waals surface area contributed by atoms with Crippen molar-refractivity contribution in [3.63, 3.8) is 0 Å². The van der Waals surface area contributed by atoms with Gasteiger partial charge in [0.05, 0.1) is 0 Å². The van der Waals surface area contributed by atoms with Gasteiger partial charge in [-0.25, -0.2) is 0 Å². The van der Waals surface area contributed by atoms with Crippen molar-refractivity contribution in [3.8, 4) is 0 Å². The third-order valence-corrected chi connectivity index (χ3v) is 6.94. The molecule has 2 aromatic heterocycles. The van der Waals surface area contributed by atoms with E-state index in [0.29, 0.717) is 6.04 Å². The molecule has 0 aromatic carbocycles. The minimum absolute atomic E-state index is 0.582. The number of hydrogen-bond donors (Lipinski definition) is 1. The van der Waals surface area contributed by atoms with E-state index in [-0.39, 0.29) is 0 Å². The highest BCUT2D eigenvalue weighted by molar-refractivity contribution is 7.26. The van der Waals surface area contributed by atoms with E-state index >= 15 is 0 Å². The van der Waals surface area contributed by atoms with Crippen molar-refractivity contribution < 1.29 is 0 Å². The Morgan fingerprint density at radius 1 is 1.30 bits per heavy atom. The summed E-state index contributed by atoms with van der Waals surface area (Å²) in [7, 11) is 0. The van der Waals surface area contributed by atoms with Gasteiger partial charge >= 0.3 is 0 Å². The Labute approximate surface area is 130 Å². The van der Waals surface area contributed by atoms with Crippen LogP contribution in [0.3, 0.4) is 0 Å². The summed E-state index contributed by atoms with van der Waals surface area (Å²) < 4.78 is 2.94. The van der Waals surface area contributed by atoms with E-state index in [0.717, 1.165) is 18.4 Å². The Balaban J connectivity index is 1.82. The van der Waals surface area contributed by atoms with Gasteiger partial charge in [0.15, 0.2) is 0 Å². The van der Waals surface area contributed by atoms with Crippen LogP contribution in [-0.2, 0) is 0 Å². The molecule has 2 heterocycles. The summed E-state index contributed by atoms with van der Waals surface area (Å²) in [6.45, 7) is 5.67. The predicted molar refractivity (Wildman–Crippen MR) is 91.9 cm³/mol. The van der Waals surface area contributed by atoms with E-state index in [1.54, 1.807) is 4.88 Å². The van der Waals surface area contributed by atoms with E-state index in [4.69, 9.17) is 0 Å². The second-order valence-corrected chi connectivity index (χ2v) is 8.10. The quantitative estimate of drug-likeness (QED) is 0.733. The molecule has 1 fully saturated rings. The zero-order chi connectivity index (χ0) is 13.9. The molecule has 3 atom stereocenters. The van der Waals surface area contributed by atoms with Gasteiger partial charge in [-0.1, -0.05) is 33.1 Å². The van der Waals surface area contributed by atoms with Crippen LogP contribution >= 0.6 is 22.7 Å². The summed E-state index contributed by atoms with van der Waals surface area (Å²) >= 11 is 3.88. The van der Waals surface area contributed by atoms with Crippen LogP contribution in [0, 0.1) is 11.8 Å². The number of nitrogens with one attached hydrogen (secondary N) is 1. The molecule has 20 heavy (non-hydrogen) atoms. The van der Waals surface area contributed by atoms with E-state index in [1.165, 1.54) is 41.5 Å². The number of thiophene rings is 2. The molecular weight excluding hydrogens is 282 g/mol. The lowest BCUT2D eigenvalue weighted by Crippen LogP contribution is -2.31. The van der Waals surface area contributed by atoms with Gasteiger partial charge in [0.2, 0.25) is 0 Å². The first-order chi connectivity index (χ1) is 9.81. The molecule has 1 aliphatic rings. The van der Waals surface area contributed by atoms with Crippen LogP contribution in [0.4, 0.5) is 0 Å². The van der Waals surface area contributed by atoms with Crippen LogP contribution in [0.5, 0.6) is 0 Å². The van der Waals surface area contributed by atoms with Crippen molar-refractivity contribution in [3.05, 3.63) is 22.4 Å². The lowest BCUT2D eigenvalue weighted by Gasteiger charge is -2.34. The van der Waals surface area contributed by atoms with E-state index in [9.17, 15) is 0 Å². The molecule has 0 amide bonds. The van der Waals surface area contributed by atoms with Crippen molar-refractivity contribution in [2.75, 3.05) is 6.54 Å². The van der Waals surface area contributed by atoms with Gasteiger partial charge in [0.25, 0.3) is 0 Å². The number of hydrogen-bond acceptors (Lipinski definition) is 3. The Kier molecular flexibility index (Phi) is 4.79. The molecule has 0 radical (unpaired) electrons. The van der Waals surface area contributed by atoms with Gasteiger partial charge in [0.1, 0.15) is 0 Å². The van der Waals surface area contributed by atoms with E-state index in [1.807, 2.05) is 22.7 Å². The van der Waals surface area contributed by atoms with Gasteiger partial charge in [0, 0.05) is 20.3 Å². The molecule has 1 saturated carbocycles. The Morgan fingerprint density at radius 3 is 2.95 bits per heavy atom. The SMILES string of the molecule is CCNC(c1cc2sccc2s1)C1CCCC(CC)C1. The monoisotopic (exact) mass is 307 g/mol. The van der Waals surface area contributed by atoms with Crippen LogP contribution in [0.1, 0.15) is 56.9 Å². The van der Waals surface area contributed by atoms with E-state index < -0.39 is 0 Å². The summed E-state index contributed by atoms with van der Waals surface area (Å²) in [5.74, 6) is 1.79. The second kappa shape index (κ2) is 6.59. The first-order valence-electron chi connectivity index (χ1n) is 8.02. The van der Waals surface area contributed by atoms with E-state index in [2.05, 4.69) is 36.7 Å². The fourth-order valence-electron chi connectivity index (χ4n) is 3.66. The lowest BCUT2D eigenvalue weighted by atomic mass is 9.76. The van der Waals surface area contributed by atoms with Crippen molar-refractivity contribution in [2.24, 2.45) is 11.8 Å². The molecule has 3 rings (SSSR count). The van der Waals surface area contributed by atoms with Crippen LogP contribution in [0.2, 0.25) is 0 Å². The maximum Gasteiger partial charge on any atom is 0.0454 e. The van der Waals surface area contributed by atoms with Crippen LogP contribution in [0.25, 0.3) is 9.40 Å². The predicted octanol–water partition coefficient (Wildman–Crippen LogP) is 5.83. The third-order valence-electron chi connectivity index (χ3n) is 4.76. The maximum atomic E-state index is 3.78. The lowest BCUT2D eigenvalue weighted by molar-refractivity contribution is 0.212. The standard InChI is InChI=1S/C17H25NS2/c1-3-12-6-5-7-13(10-12)17(18-4-2)16-11-15-14(20-16)8-9-19-15/h8-9,11-13,17-18H,3-7,10H2,1-2H3. The molecule has 110 valence electrons. The summed E-state index contributed by atoms with van der Waals surface area (Å²) in [6.07, 6.45) is 7.05. The van der Waals surface area contributed by atoms with Crippen LogP contribution in [-0.4, -0.2) is 6.54 Å². The molecule has 1 N–H and O–H groups in total. The normalized spacial score (nSPS) is 25.1. The van der Waals surface area contributed by atoms with Crippen molar-refractivity contribution in [1.82, 2.24) is 5.32 Å². The fourth-order valence-corrected chi connectivity index (χ4v) is 5.95. The topological polar surface area (TPSA) is 12.0 Å². The average Bonchev–Trinajstić information content (AvgIpc) is 3.06. The molecule has 2 aromatic rings. The largest absolute Gasteiger partial charge is 0.309 e. The highest BCUT2D eigenvalue weighted by Gasteiger charge is 2.29. The molecule has 0 bridgehead atoms. The average molecular weight is 308 g/mol. The Bertz CT molecular complexity index is 513. The van der Waals surface area contributed by atoms with Gasteiger partial charge in [-0.15, -0.1) is 22.7 Å². The molecular formula is C17H25NS2. The number of rotatable bonds is 5. The Hall–Kier alpha value is -0.380. The van der Waals surface area contributed by atoms with Crippen LogP contribution in [0.15, 0.2) is 17.5 Å². The summed E-state index contributed by atoms with van der Waals surface area (Å²) in [4.78, 5) is 1.57. The first-order valence-corrected chi connectivity index (χ1v) is 9.71. The molecule has 3 unspecified atom stereocenters. The van der Waals surface area contributed by atoms with Crippen LogP contribution < -0.4 is 5.32 Å². The molecule has 0 saturated heterocycles. The first kappa shape index (κ1) is 14.6. The van der Waals surface area contributed by atoms with Gasteiger partial charge < -0.3 is 5.32 Å². The minimum Gasteiger partial charge on any atom is -0.309 e. The second-order valence-electron chi connectivity index (χ2n) is 6.03. The minimum atomic E-state index is 0.582. The Morgan fingerprint density at radius 2 is 2.20 bits per heavy atom. The smallest absolute Gasteiger partial charge is 0.0454 e. The van der Waals surface area contributed by atoms with Gasteiger partial charge in [-0.05, 0) is 48.7 Å². The van der Waals surface area contributed by atoms with Gasteiger partial charge in [-0.2, -0.15) is 0 Å². The van der Waals surface area contributed by atoms with Crippen molar-refractivity contribution >= 4 is 32.1 Å². The summed E-state index contributed by atoms with van der Waals surface area (Å²) in [5.41, 5.74) is 0. The summed E-state index contributed by atoms with van der Waals surface area (Å²) in [6, 6.07) is 5.29. The highest BCUT2D eigenvalue weighted by Crippen LogP contribution is 2.42. The highest BCUT2D eigenvalue weighted by atomic mass is 32.1. The third kappa shape index (κ3) is 2.95. The molecule has 1 aliphatic carbocycles. The van der Waals surface area contributed by atoms with Crippen molar-refractivity contribution in [1.29, 1.82) is 0 Å². The molecule has 0 spiro atoms. The zero-order valence-electron chi connectivity index (χ0n) is 12.5. The molecule has 0 aliphatic heterocycles. The molecule has 3 heteroatoms. The van der Waals surface area contributed by atoms with Crippen molar-refractivity contribution in [2.45, 2.75) is 52.0 Å². The molecule has 1 nitrogen and oxygen atoms in total. The fraction of sp³-hybridized carbons (Fsp3) is 0.647. The maximum absolute atomic E-state index is 3.78.